The Morgan fingerprint density at radius 1 is 1.52 bits per heavy atom. The summed E-state index contributed by atoms with van der Waals surface area (Å²) < 4.78 is 11.2. The molecule has 0 aliphatic heterocycles. The zero-order valence-electron chi connectivity index (χ0n) is 16.0. The fourth-order valence-corrected chi connectivity index (χ4v) is 2.26. The van der Waals surface area contributed by atoms with E-state index in [0.29, 0.717) is 19.0 Å². The summed E-state index contributed by atoms with van der Waals surface area (Å²) in [6, 6.07) is 1.83. The second kappa shape index (κ2) is 10.6. The minimum atomic E-state index is 0.158. The highest BCUT2D eigenvalue weighted by Crippen LogP contribution is 2.27. The van der Waals surface area contributed by atoms with Gasteiger partial charge in [-0.2, -0.15) is 0 Å². The van der Waals surface area contributed by atoms with E-state index in [4.69, 9.17) is 15.2 Å². The molecule has 25 heavy (non-hydrogen) atoms. The zero-order valence-corrected chi connectivity index (χ0v) is 16.0. The van der Waals surface area contributed by atoms with Crippen molar-refractivity contribution in [2.45, 2.75) is 33.0 Å². The van der Waals surface area contributed by atoms with Crippen LogP contribution in [0.4, 0.5) is 11.5 Å². The molecule has 1 aromatic rings. The van der Waals surface area contributed by atoms with Crippen LogP contribution in [-0.2, 0) is 16.1 Å². The molecule has 6 nitrogen and oxygen atoms in total. The second-order valence-corrected chi connectivity index (χ2v) is 5.69. The number of allylic oxidation sites excluding steroid dienone is 2. The Kier molecular flexibility index (Phi) is 8.88. The van der Waals surface area contributed by atoms with E-state index >= 15 is 0 Å². The number of methoxy groups -OCH3 is 1. The molecule has 0 bridgehead atoms. The first-order valence-electron chi connectivity index (χ1n) is 8.36. The van der Waals surface area contributed by atoms with Crippen LogP contribution in [0.5, 0.6) is 0 Å². The summed E-state index contributed by atoms with van der Waals surface area (Å²) in [6.45, 7) is 8.70. The lowest BCUT2D eigenvalue weighted by Crippen LogP contribution is -2.31. The maximum Gasteiger partial charge on any atom is 0.129 e. The summed E-state index contributed by atoms with van der Waals surface area (Å²) in [6.07, 6.45) is 6.52. The van der Waals surface area contributed by atoms with Gasteiger partial charge in [-0.1, -0.05) is 25.7 Å². The largest absolute Gasteiger partial charge is 0.384 e. The van der Waals surface area contributed by atoms with E-state index in [2.05, 4.69) is 30.4 Å². The van der Waals surface area contributed by atoms with Gasteiger partial charge < -0.3 is 20.1 Å². The molecule has 0 radical (unpaired) electrons. The first kappa shape index (κ1) is 20.9. The highest BCUT2D eigenvalue weighted by molar-refractivity contribution is 5.99. The first-order valence-corrected chi connectivity index (χ1v) is 8.36. The van der Waals surface area contributed by atoms with Gasteiger partial charge in [0.25, 0.3) is 0 Å². The molecule has 0 spiro atoms. The van der Waals surface area contributed by atoms with Crippen LogP contribution >= 0.6 is 0 Å². The normalized spacial score (nSPS) is 13.2. The summed E-state index contributed by atoms with van der Waals surface area (Å²) in [7, 11) is 5.32. The Balaban J connectivity index is 3.38. The van der Waals surface area contributed by atoms with E-state index in [1.54, 1.807) is 20.2 Å². The third-order valence-corrected chi connectivity index (χ3v) is 3.91. The number of nitrogens with two attached hydrogens (primary N) is 1. The van der Waals surface area contributed by atoms with Crippen molar-refractivity contribution in [3.05, 3.63) is 36.1 Å². The van der Waals surface area contributed by atoms with Gasteiger partial charge >= 0.3 is 0 Å². The molecule has 0 saturated carbocycles. The standard InChI is InChI=1S/C19H30N4O2/c1-7-9-10-16-15(12-25-14(3)8-2)17(11-18(20)22-16)23(5)19(21-4)13-24-6/h7,9-11,14H,1,8,12-13H2,2-6H3,(H2,20,22)/b10-9-,21-19?. The van der Waals surface area contributed by atoms with Gasteiger partial charge in [0.2, 0.25) is 0 Å². The number of aliphatic imine (C=N–C) groups is 1. The quantitative estimate of drug-likeness (QED) is 0.422. The molecule has 0 fully saturated rings. The predicted molar refractivity (Wildman–Crippen MR) is 106 cm³/mol. The Labute approximate surface area is 151 Å². The molecular formula is C19H30N4O2. The van der Waals surface area contributed by atoms with Gasteiger partial charge in [-0.25, -0.2) is 4.98 Å². The van der Waals surface area contributed by atoms with Gasteiger partial charge in [0.05, 0.1) is 24.1 Å². The summed E-state index contributed by atoms with van der Waals surface area (Å²) in [5, 5.41) is 0. The van der Waals surface area contributed by atoms with Crippen molar-refractivity contribution in [3.63, 3.8) is 0 Å². The minimum Gasteiger partial charge on any atom is -0.384 e. The molecule has 1 unspecified atom stereocenters. The van der Waals surface area contributed by atoms with Gasteiger partial charge in [0, 0.05) is 32.8 Å². The van der Waals surface area contributed by atoms with Crippen LogP contribution in [0.2, 0.25) is 0 Å². The number of hydrogen-bond acceptors (Lipinski definition) is 5. The zero-order chi connectivity index (χ0) is 18.8. The average molecular weight is 346 g/mol. The van der Waals surface area contributed by atoms with E-state index < -0.39 is 0 Å². The van der Waals surface area contributed by atoms with E-state index in [-0.39, 0.29) is 6.10 Å². The third kappa shape index (κ3) is 5.99. The molecule has 6 heteroatoms. The molecule has 1 aromatic heterocycles. The van der Waals surface area contributed by atoms with Crippen LogP contribution in [-0.4, -0.2) is 44.7 Å². The number of nitrogen functional groups attached to an aromatic ring is 1. The van der Waals surface area contributed by atoms with Crippen LogP contribution in [0.25, 0.3) is 6.08 Å². The molecule has 0 aromatic carbocycles. The van der Waals surface area contributed by atoms with Crippen molar-refractivity contribution in [1.82, 2.24) is 4.98 Å². The SMILES string of the molecule is C=C/C=C\c1nc(N)cc(N(C)C(COC)=NC)c1COC(C)CC. The van der Waals surface area contributed by atoms with Gasteiger partial charge in [0.1, 0.15) is 18.3 Å². The lowest BCUT2D eigenvalue weighted by atomic mass is 10.1. The van der Waals surface area contributed by atoms with E-state index in [1.165, 1.54) is 0 Å². The monoisotopic (exact) mass is 346 g/mol. The number of rotatable bonds is 9. The minimum absolute atomic E-state index is 0.158. The van der Waals surface area contributed by atoms with Crippen LogP contribution in [0.3, 0.4) is 0 Å². The highest BCUT2D eigenvalue weighted by Gasteiger charge is 2.18. The van der Waals surface area contributed by atoms with Gasteiger partial charge in [0.15, 0.2) is 0 Å². The summed E-state index contributed by atoms with van der Waals surface area (Å²) in [4.78, 5) is 10.7. The summed E-state index contributed by atoms with van der Waals surface area (Å²) in [5.41, 5.74) is 8.64. The summed E-state index contributed by atoms with van der Waals surface area (Å²) in [5.74, 6) is 1.22. The van der Waals surface area contributed by atoms with E-state index in [9.17, 15) is 0 Å². The molecule has 138 valence electrons. The Morgan fingerprint density at radius 3 is 2.80 bits per heavy atom. The van der Waals surface area contributed by atoms with Gasteiger partial charge in [-0.3, -0.25) is 4.99 Å². The molecule has 0 amide bonds. The van der Waals surface area contributed by atoms with Gasteiger partial charge in [-0.15, -0.1) is 0 Å². The van der Waals surface area contributed by atoms with Crippen molar-refractivity contribution >= 4 is 23.4 Å². The topological polar surface area (TPSA) is 73.0 Å². The number of hydrogen-bond donors (Lipinski definition) is 1. The smallest absolute Gasteiger partial charge is 0.129 e. The maximum absolute atomic E-state index is 6.03. The third-order valence-electron chi connectivity index (χ3n) is 3.91. The molecule has 0 saturated heterocycles. The Bertz CT molecular complexity index is 626. The molecule has 1 atom stereocenters. The van der Waals surface area contributed by atoms with E-state index in [0.717, 1.165) is 29.2 Å². The van der Waals surface area contributed by atoms with Crippen LogP contribution in [0.15, 0.2) is 29.8 Å². The number of ether oxygens (including phenoxy) is 2. The molecule has 0 aliphatic rings. The van der Waals surface area contributed by atoms with E-state index in [1.807, 2.05) is 30.2 Å². The van der Waals surface area contributed by atoms with Crippen molar-refractivity contribution < 1.29 is 9.47 Å². The average Bonchev–Trinajstić information content (AvgIpc) is 2.61. The highest BCUT2D eigenvalue weighted by atomic mass is 16.5. The number of aromatic nitrogens is 1. The van der Waals surface area contributed by atoms with Crippen molar-refractivity contribution in [1.29, 1.82) is 0 Å². The number of likely N-dealkylation sites (N-methyl/N-ethyl adjacent to an activating group) is 1. The molecule has 0 aliphatic carbocycles. The molecular weight excluding hydrogens is 316 g/mol. The predicted octanol–water partition coefficient (Wildman–Crippen LogP) is 3.29. The Hall–Kier alpha value is -2.18. The van der Waals surface area contributed by atoms with Crippen molar-refractivity contribution in [2.24, 2.45) is 4.99 Å². The van der Waals surface area contributed by atoms with Crippen LogP contribution in [0, 0.1) is 0 Å². The molecule has 1 rings (SSSR count). The van der Waals surface area contributed by atoms with Crippen LogP contribution < -0.4 is 10.6 Å². The lowest BCUT2D eigenvalue weighted by molar-refractivity contribution is 0.0509. The number of nitrogens with zero attached hydrogens (tertiary/aromatic N) is 3. The van der Waals surface area contributed by atoms with Crippen molar-refractivity contribution in [3.8, 4) is 0 Å². The summed E-state index contributed by atoms with van der Waals surface area (Å²) >= 11 is 0. The molecule has 2 N–H and O–H groups in total. The van der Waals surface area contributed by atoms with Crippen molar-refractivity contribution in [2.75, 3.05) is 38.4 Å². The maximum atomic E-state index is 6.03. The van der Waals surface area contributed by atoms with Crippen LogP contribution in [0.1, 0.15) is 31.5 Å². The number of pyridine rings is 1. The molecule has 1 heterocycles. The fourth-order valence-electron chi connectivity index (χ4n) is 2.26. The first-order chi connectivity index (χ1) is 12.0. The second-order valence-electron chi connectivity index (χ2n) is 5.69. The number of amidine groups is 1. The number of anilines is 2. The Morgan fingerprint density at radius 2 is 2.24 bits per heavy atom. The lowest BCUT2D eigenvalue weighted by Gasteiger charge is -2.25. The fraction of sp³-hybridized carbons (Fsp3) is 0.474. The van der Waals surface area contributed by atoms with Gasteiger partial charge in [-0.05, 0) is 19.4 Å².